The van der Waals surface area contributed by atoms with Gasteiger partial charge in [0, 0.05) is 29.5 Å². The van der Waals surface area contributed by atoms with Gasteiger partial charge < -0.3 is 18.9 Å². The number of amides is 1. The summed E-state index contributed by atoms with van der Waals surface area (Å²) < 4.78 is 57.4. The van der Waals surface area contributed by atoms with E-state index in [1.54, 1.807) is 6.07 Å². The number of hydrogen-bond acceptors (Lipinski definition) is 6. The zero-order valence-electron chi connectivity index (χ0n) is 24.4. The van der Waals surface area contributed by atoms with Crippen LogP contribution in [0.3, 0.4) is 0 Å². The molecule has 44 heavy (non-hydrogen) atoms. The van der Waals surface area contributed by atoms with Crippen molar-refractivity contribution in [3.8, 4) is 22.6 Å². The van der Waals surface area contributed by atoms with Crippen molar-refractivity contribution in [2.75, 3.05) is 11.4 Å². The smallest absolute Gasteiger partial charge is 0.395 e. The lowest BCUT2D eigenvalue weighted by Crippen LogP contribution is -2.51. The van der Waals surface area contributed by atoms with E-state index >= 15 is 4.39 Å². The van der Waals surface area contributed by atoms with Crippen LogP contribution in [0, 0.1) is 17.3 Å². The van der Waals surface area contributed by atoms with E-state index in [1.165, 1.54) is 12.1 Å². The Bertz CT molecular complexity index is 1640. The van der Waals surface area contributed by atoms with Crippen molar-refractivity contribution in [1.29, 1.82) is 0 Å². The predicted molar refractivity (Wildman–Crippen MR) is 153 cm³/mol. The Balaban J connectivity index is 1.01. The highest BCUT2D eigenvalue weighted by molar-refractivity contribution is 5.96. The topological polar surface area (TPSA) is 77.7 Å². The standard InChI is InChI=1S/C34H34F3N3O4/c35-33-16-23(17-33)25(18-33)29(41)40(24-3-1-2-21(14-24)22-6-7-26-27(15-22)43-34(36,37)42-26)19-31-8-11-32(12-9-31,13-10-31)30-38-28(39-44-30)20-4-5-20/h1-3,6-7,14-15,20,23,25H,4-5,8-13,16-19H2. The molecule has 1 aliphatic heterocycles. The van der Waals surface area contributed by atoms with E-state index in [4.69, 9.17) is 9.51 Å². The molecule has 0 N–H and O–H groups in total. The van der Waals surface area contributed by atoms with Crippen LogP contribution in [0.2, 0.25) is 0 Å². The van der Waals surface area contributed by atoms with Gasteiger partial charge in [-0.1, -0.05) is 23.4 Å². The van der Waals surface area contributed by atoms with E-state index in [1.807, 2.05) is 29.2 Å². The fourth-order valence-corrected chi connectivity index (χ4v) is 8.77. The first kappa shape index (κ1) is 26.8. The number of aromatic nitrogens is 2. The third kappa shape index (κ3) is 4.26. The normalized spacial score (nSPS) is 34.2. The molecule has 7 nitrogen and oxygen atoms in total. The second-order valence-electron chi connectivity index (χ2n) is 14.4. The van der Waals surface area contributed by atoms with E-state index in [9.17, 15) is 13.6 Å². The number of halogens is 3. The number of carbonyl (C=O) groups excluding carboxylic acids is 1. The van der Waals surface area contributed by atoms with Crippen molar-refractivity contribution in [2.24, 2.45) is 17.3 Å². The van der Waals surface area contributed by atoms with Crippen molar-refractivity contribution in [3.05, 3.63) is 54.2 Å². The molecule has 7 aliphatic carbocycles. The Morgan fingerprint density at radius 3 is 2.32 bits per heavy atom. The van der Waals surface area contributed by atoms with Crippen LogP contribution in [0.1, 0.15) is 88.3 Å². The highest BCUT2D eigenvalue weighted by atomic mass is 19.3. The summed E-state index contributed by atoms with van der Waals surface area (Å²) in [5, 5.41) is 4.29. The summed E-state index contributed by atoms with van der Waals surface area (Å²) in [7, 11) is 0. The van der Waals surface area contributed by atoms with Crippen LogP contribution in [0.15, 0.2) is 47.0 Å². The van der Waals surface area contributed by atoms with Crippen molar-refractivity contribution in [2.45, 2.75) is 93.9 Å². The van der Waals surface area contributed by atoms with Gasteiger partial charge in [-0.15, -0.1) is 8.78 Å². The molecule has 8 aliphatic rings. The maximum Gasteiger partial charge on any atom is 0.586 e. The summed E-state index contributed by atoms with van der Waals surface area (Å²) >= 11 is 0. The lowest BCUT2D eigenvalue weighted by Gasteiger charge is -2.53. The molecular weight excluding hydrogens is 571 g/mol. The molecule has 230 valence electrons. The van der Waals surface area contributed by atoms with Gasteiger partial charge in [0.25, 0.3) is 0 Å². The first-order valence-electron chi connectivity index (χ1n) is 16.0. The molecule has 0 saturated heterocycles. The second-order valence-corrected chi connectivity index (χ2v) is 14.4. The van der Waals surface area contributed by atoms with Gasteiger partial charge in [0.05, 0.1) is 0 Å². The fourth-order valence-electron chi connectivity index (χ4n) is 8.77. The molecule has 1 atom stereocenters. The summed E-state index contributed by atoms with van der Waals surface area (Å²) in [4.78, 5) is 21.0. The Morgan fingerprint density at radius 1 is 0.886 bits per heavy atom. The van der Waals surface area contributed by atoms with Crippen LogP contribution >= 0.6 is 0 Å². The van der Waals surface area contributed by atoms with Crippen molar-refractivity contribution in [3.63, 3.8) is 0 Å². The fraction of sp³-hybridized carbons (Fsp3) is 0.559. The maximum absolute atomic E-state index is 15.0. The van der Waals surface area contributed by atoms with Crippen LogP contribution < -0.4 is 14.4 Å². The molecule has 1 amide bonds. The van der Waals surface area contributed by atoms with Crippen molar-refractivity contribution >= 4 is 11.6 Å². The van der Waals surface area contributed by atoms with Crippen LogP contribution in [0.25, 0.3) is 11.1 Å². The number of fused-ring (bicyclic) bond motifs is 5. The van der Waals surface area contributed by atoms with E-state index in [-0.39, 0.29) is 40.1 Å². The predicted octanol–water partition coefficient (Wildman–Crippen LogP) is 7.70. The molecule has 2 aromatic carbocycles. The molecule has 0 radical (unpaired) electrons. The van der Waals surface area contributed by atoms with E-state index in [2.05, 4.69) is 14.6 Å². The highest BCUT2D eigenvalue weighted by Gasteiger charge is 2.60. The second kappa shape index (κ2) is 9.01. The highest BCUT2D eigenvalue weighted by Crippen LogP contribution is 2.60. The van der Waals surface area contributed by atoms with Gasteiger partial charge in [0.15, 0.2) is 17.3 Å². The number of benzene rings is 2. The Kier molecular flexibility index (Phi) is 5.49. The van der Waals surface area contributed by atoms with E-state index < -0.39 is 12.0 Å². The first-order chi connectivity index (χ1) is 21.1. The summed E-state index contributed by atoms with van der Waals surface area (Å²) in [5.74, 6) is 1.82. The van der Waals surface area contributed by atoms with Crippen LogP contribution in [-0.2, 0) is 10.2 Å². The minimum atomic E-state index is -3.69. The van der Waals surface area contributed by atoms with E-state index in [0.29, 0.717) is 37.3 Å². The summed E-state index contributed by atoms with van der Waals surface area (Å²) in [6.07, 6.45) is 5.52. The molecular formula is C34H34F3N3O4. The minimum Gasteiger partial charge on any atom is -0.395 e. The van der Waals surface area contributed by atoms with Gasteiger partial charge in [0.2, 0.25) is 11.8 Å². The molecule has 0 spiro atoms. The third-order valence-corrected chi connectivity index (χ3v) is 11.6. The molecule has 7 fully saturated rings. The Hall–Kier alpha value is -3.56. The maximum atomic E-state index is 15.0. The summed E-state index contributed by atoms with van der Waals surface area (Å²) in [6, 6.07) is 12.3. The molecule has 11 rings (SSSR count). The minimum absolute atomic E-state index is 0.00253. The monoisotopic (exact) mass is 605 g/mol. The number of hydrogen-bond donors (Lipinski definition) is 0. The lowest BCUT2D eigenvalue weighted by atomic mass is 9.53. The average molecular weight is 606 g/mol. The number of alkyl halides is 3. The van der Waals surface area contributed by atoms with Gasteiger partial charge in [0.1, 0.15) is 5.67 Å². The van der Waals surface area contributed by atoms with Crippen molar-refractivity contribution < 1.29 is 32.0 Å². The molecule has 1 unspecified atom stereocenters. The number of nitrogens with zero attached hydrogens (tertiary/aromatic N) is 3. The Labute approximate surface area is 253 Å². The lowest BCUT2D eigenvalue weighted by molar-refractivity contribution is -0.286. The summed E-state index contributed by atoms with van der Waals surface area (Å²) in [5.41, 5.74) is 0.853. The number of carbonyl (C=O) groups is 1. The molecule has 2 heterocycles. The molecule has 10 heteroatoms. The first-order valence-corrected chi connectivity index (χ1v) is 16.0. The molecule has 1 aromatic heterocycles. The number of rotatable bonds is 7. The van der Waals surface area contributed by atoms with Gasteiger partial charge in [-0.05, 0) is 117 Å². The molecule has 7 saturated carbocycles. The number of anilines is 1. The number of ether oxygens (including phenoxy) is 2. The van der Waals surface area contributed by atoms with Crippen molar-refractivity contribution in [1.82, 2.24) is 10.1 Å². The largest absolute Gasteiger partial charge is 0.586 e. The molecule has 3 aromatic rings. The zero-order valence-corrected chi connectivity index (χ0v) is 24.4. The van der Waals surface area contributed by atoms with Gasteiger partial charge in [-0.3, -0.25) is 4.79 Å². The quantitative estimate of drug-likeness (QED) is 0.275. The summed E-state index contributed by atoms with van der Waals surface area (Å²) in [6.45, 7) is 0.568. The average Bonchev–Trinajstić information content (AvgIpc) is 3.32. The van der Waals surface area contributed by atoms with Gasteiger partial charge in [-0.25, -0.2) is 4.39 Å². The van der Waals surface area contributed by atoms with Gasteiger partial charge in [-0.2, -0.15) is 4.98 Å². The Morgan fingerprint density at radius 2 is 1.61 bits per heavy atom. The van der Waals surface area contributed by atoms with E-state index in [0.717, 1.165) is 74.3 Å². The SMILES string of the molecule is O=C(C1CC2(F)CC1C2)N(CC12CCC(c3nc(C4CC4)no3)(CC1)CC2)c1cccc(-c2ccc3c(c2)OC(F)(F)O3)c1. The molecule has 4 bridgehead atoms. The zero-order chi connectivity index (χ0) is 29.9. The van der Waals surface area contributed by atoms with Crippen LogP contribution in [0.5, 0.6) is 11.5 Å². The van der Waals surface area contributed by atoms with Crippen LogP contribution in [0.4, 0.5) is 18.9 Å². The van der Waals surface area contributed by atoms with Gasteiger partial charge >= 0.3 is 6.29 Å². The van der Waals surface area contributed by atoms with Crippen LogP contribution in [-0.4, -0.2) is 34.6 Å². The third-order valence-electron chi connectivity index (χ3n) is 11.6.